The molecule has 5 heteroatoms. The van der Waals surface area contributed by atoms with Gasteiger partial charge in [-0.25, -0.2) is 4.98 Å². The second-order valence-corrected chi connectivity index (χ2v) is 5.94. The highest BCUT2D eigenvalue weighted by atomic mass is 16.5. The number of nitrogens with one attached hydrogen (secondary N) is 1. The van der Waals surface area contributed by atoms with Crippen LogP contribution in [0, 0.1) is 19.8 Å². The number of benzene rings is 1. The highest BCUT2D eigenvalue weighted by molar-refractivity contribution is 5.94. The number of rotatable bonds is 6. The maximum atomic E-state index is 12.3. The summed E-state index contributed by atoms with van der Waals surface area (Å²) in [4.78, 5) is 16.6. The predicted octanol–water partition coefficient (Wildman–Crippen LogP) is 3.49. The fraction of sp³-hybridized carbons (Fsp3) is 0.444. The number of aryl methyl sites for hydroxylation is 1. The molecule has 23 heavy (non-hydrogen) atoms. The van der Waals surface area contributed by atoms with Crippen molar-refractivity contribution in [2.24, 2.45) is 5.92 Å². The standard InChI is InChI=1S/C18H25N3O2/c1-6-23-17(12(2)3)18(22)20-15-7-9-16(10-8-15)21-11-19-13(4)14(21)5/h7-12,17H,6H2,1-5H3,(H,20,22). The minimum absolute atomic E-state index is 0.107. The van der Waals surface area contributed by atoms with E-state index < -0.39 is 6.10 Å². The molecule has 1 aromatic carbocycles. The van der Waals surface area contributed by atoms with Gasteiger partial charge in [0.05, 0.1) is 12.0 Å². The summed E-state index contributed by atoms with van der Waals surface area (Å²) in [5.74, 6) is 0.0232. The van der Waals surface area contributed by atoms with Crippen LogP contribution in [0.2, 0.25) is 0 Å². The first-order chi connectivity index (χ1) is 10.9. The van der Waals surface area contributed by atoms with Gasteiger partial charge in [-0.05, 0) is 51.0 Å². The van der Waals surface area contributed by atoms with E-state index >= 15 is 0 Å². The number of aromatic nitrogens is 2. The molecule has 2 rings (SSSR count). The lowest BCUT2D eigenvalue weighted by Gasteiger charge is -2.20. The first-order valence-corrected chi connectivity index (χ1v) is 7.97. The number of amides is 1. The minimum Gasteiger partial charge on any atom is -0.368 e. The number of anilines is 1. The van der Waals surface area contributed by atoms with Gasteiger partial charge in [0.1, 0.15) is 6.10 Å². The zero-order chi connectivity index (χ0) is 17.0. The number of imidazole rings is 1. The minimum atomic E-state index is -0.432. The van der Waals surface area contributed by atoms with E-state index in [4.69, 9.17) is 4.74 Å². The van der Waals surface area contributed by atoms with E-state index in [0.717, 1.165) is 22.8 Å². The summed E-state index contributed by atoms with van der Waals surface area (Å²) in [6, 6.07) is 7.72. The molecule has 124 valence electrons. The van der Waals surface area contributed by atoms with Crippen LogP contribution in [-0.2, 0) is 9.53 Å². The van der Waals surface area contributed by atoms with Gasteiger partial charge in [0, 0.05) is 23.7 Å². The van der Waals surface area contributed by atoms with E-state index in [9.17, 15) is 4.79 Å². The first kappa shape index (κ1) is 17.2. The van der Waals surface area contributed by atoms with Crippen molar-refractivity contribution in [1.29, 1.82) is 0 Å². The summed E-state index contributed by atoms with van der Waals surface area (Å²) < 4.78 is 7.55. The Balaban J connectivity index is 2.11. The second kappa shape index (κ2) is 7.42. The molecule has 1 atom stereocenters. The van der Waals surface area contributed by atoms with Gasteiger partial charge in [-0.1, -0.05) is 13.8 Å². The zero-order valence-corrected chi connectivity index (χ0v) is 14.5. The highest BCUT2D eigenvalue weighted by Gasteiger charge is 2.22. The van der Waals surface area contributed by atoms with Gasteiger partial charge < -0.3 is 14.6 Å². The summed E-state index contributed by atoms with van der Waals surface area (Å²) in [5, 5.41) is 2.92. The molecule has 1 amide bonds. The van der Waals surface area contributed by atoms with Crippen molar-refractivity contribution in [2.75, 3.05) is 11.9 Å². The summed E-state index contributed by atoms with van der Waals surface area (Å²) in [6.07, 6.45) is 1.38. The number of carbonyl (C=O) groups excluding carboxylic acids is 1. The fourth-order valence-electron chi connectivity index (χ4n) is 2.43. The Bertz CT molecular complexity index is 659. The molecule has 0 aliphatic rings. The first-order valence-electron chi connectivity index (χ1n) is 7.97. The Morgan fingerprint density at radius 1 is 1.26 bits per heavy atom. The molecule has 0 aliphatic heterocycles. The van der Waals surface area contributed by atoms with E-state index in [2.05, 4.69) is 10.3 Å². The van der Waals surface area contributed by atoms with E-state index in [-0.39, 0.29) is 11.8 Å². The third-order valence-electron chi connectivity index (χ3n) is 3.87. The van der Waals surface area contributed by atoms with Crippen LogP contribution < -0.4 is 5.32 Å². The van der Waals surface area contributed by atoms with Gasteiger partial charge in [-0.15, -0.1) is 0 Å². The molecule has 1 aromatic heterocycles. The van der Waals surface area contributed by atoms with Gasteiger partial charge in [-0.2, -0.15) is 0 Å². The molecule has 0 bridgehead atoms. The van der Waals surface area contributed by atoms with E-state index in [0.29, 0.717) is 6.61 Å². The van der Waals surface area contributed by atoms with Crippen LogP contribution in [0.25, 0.3) is 5.69 Å². The Hall–Kier alpha value is -2.14. The molecule has 2 aromatic rings. The van der Waals surface area contributed by atoms with Crippen molar-refractivity contribution in [3.05, 3.63) is 42.0 Å². The molecular formula is C18H25N3O2. The third-order valence-corrected chi connectivity index (χ3v) is 3.87. The fourth-order valence-corrected chi connectivity index (χ4v) is 2.43. The molecule has 0 saturated carbocycles. The van der Waals surface area contributed by atoms with E-state index in [1.165, 1.54) is 0 Å². The van der Waals surface area contributed by atoms with Crippen molar-refractivity contribution < 1.29 is 9.53 Å². The van der Waals surface area contributed by atoms with Gasteiger partial charge >= 0.3 is 0 Å². The van der Waals surface area contributed by atoms with Crippen molar-refractivity contribution in [3.63, 3.8) is 0 Å². The predicted molar refractivity (Wildman–Crippen MR) is 91.9 cm³/mol. The largest absolute Gasteiger partial charge is 0.368 e. The van der Waals surface area contributed by atoms with Gasteiger partial charge in [0.25, 0.3) is 5.91 Å². The lowest BCUT2D eigenvalue weighted by molar-refractivity contribution is -0.129. The molecule has 5 nitrogen and oxygen atoms in total. The maximum Gasteiger partial charge on any atom is 0.253 e. The number of carbonyl (C=O) groups is 1. The van der Waals surface area contributed by atoms with Crippen LogP contribution in [0.4, 0.5) is 5.69 Å². The summed E-state index contributed by atoms with van der Waals surface area (Å²) in [6.45, 7) is 10.4. The van der Waals surface area contributed by atoms with Crippen molar-refractivity contribution >= 4 is 11.6 Å². The Morgan fingerprint density at radius 2 is 1.91 bits per heavy atom. The molecule has 0 fully saturated rings. The van der Waals surface area contributed by atoms with Crippen LogP contribution in [0.5, 0.6) is 0 Å². The van der Waals surface area contributed by atoms with Crippen LogP contribution >= 0.6 is 0 Å². The van der Waals surface area contributed by atoms with Crippen LogP contribution in [-0.4, -0.2) is 28.2 Å². The molecule has 0 aliphatic carbocycles. The average molecular weight is 315 g/mol. The van der Waals surface area contributed by atoms with E-state index in [1.807, 2.05) is 69.8 Å². The molecule has 1 heterocycles. The zero-order valence-electron chi connectivity index (χ0n) is 14.5. The molecular weight excluding hydrogens is 290 g/mol. The van der Waals surface area contributed by atoms with Gasteiger partial charge in [0.15, 0.2) is 0 Å². The maximum absolute atomic E-state index is 12.3. The molecule has 1 N–H and O–H groups in total. The number of nitrogens with zero attached hydrogens (tertiary/aromatic N) is 2. The SMILES string of the molecule is CCOC(C(=O)Nc1ccc(-n2cnc(C)c2C)cc1)C(C)C. The summed E-state index contributed by atoms with van der Waals surface area (Å²) in [5.41, 5.74) is 3.90. The van der Waals surface area contributed by atoms with Crippen molar-refractivity contribution in [2.45, 2.75) is 40.7 Å². The Kier molecular flexibility index (Phi) is 5.55. The molecule has 0 spiro atoms. The highest BCUT2D eigenvalue weighted by Crippen LogP contribution is 2.18. The summed E-state index contributed by atoms with van der Waals surface area (Å²) >= 11 is 0. The Morgan fingerprint density at radius 3 is 2.39 bits per heavy atom. The molecule has 0 saturated heterocycles. The normalized spacial score (nSPS) is 12.4. The van der Waals surface area contributed by atoms with Crippen molar-refractivity contribution in [3.8, 4) is 5.69 Å². The van der Waals surface area contributed by atoms with Crippen LogP contribution in [0.1, 0.15) is 32.2 Å². The topological polar surface area (TPSA) is 56.1 Å². The number of hydrogen-bond donors (Lipinski definition) is 1. The third kappa shape index (κ3) is 3.99. The molecule has 1 unspecified atom stereocenters. The summed E-state index contributed by atoms with van der Waals surface area (Å²) in [7, 11) is 0. The van der Waals surface area contributed by atoms with E-state index in [1.54, 1.807) is 0 Å². The van der Waals surface area contributed by atoms with Crippen LogP contribution in [0.15, 0.2) is 30.6 Å². The quantitative estimate of drug-likeness (QED) is 0.888. The van der Waals surface area contributed by atoms with Crippen LogP contribution in [0.3, 0.4) is 0 Å². The smallest absolute Gasteiger partial charge is 0.253 e. The van der Waals surface area contributed by atoms with Crippen molar-refractivity contribution in [1.82, 2.24) is 9.55 Å². The second-order valence-electron chi connectivity index (χ2n) is 5.94. The van der Waals surface area contributed by atoms with Gasteiger partial charge in [-0.3, -0.25) is 4.79 Å². The lowest BCUT2D eigenvalue weighted by Crippen LogP contribution is -2.34. The average Bonchev–Trinajstić information content (AvgIpc) is 2.85. The van der Waals surface area contributed by atoms with Gasteiger partial charge in [0.2, 0.25) is 0 Å². The lowest BCUT2D eigenvalue weighted by atomic mass is 10.1. The number of hydrogen-bond acceptors (Lipinski definition) is 3. The monoisotopic (exact) mass is 315 g/mol. The molecule has 0 radical (unpaired) electrons. The Labute approximate surface area is 137 Å². The number of ether oxygens (including phenoxy) is 1.